The lowest BCUT2D eigenvalue weighted by Crippen LogP contribution is -2.20. The van der Waals surface area contributed by atoms with Crippen molar-refractivity contribution in [3.63, 3.8) is 0 Å². The van der Waals surface area contributed by atoms with E-state index in [-0.39, 0.29) is 12.5 Å². The summed E-state index contributed by atoms with van der Waals surface area (Å²) in [6.45, 7) is 1.79. The Morgan fingerprint density at radius 1 is 1.19 bits per heavy atom. The lowest BCUT2D eigenvalue weighted by molar-refractivity contribution is -0.118. The van der Waals surface area contributed by atoms with Gasteiger partial charge in [0.15, 0.2) is 18.1 Å². The van der Waals surface area contributed by atoms with Crippen LogP contribution in [0, 0.1) is 6.92 Å². The van der Waals surface area contributed by atoms with Gasteiger partial charge in [-0.25, -0.2) is 0 Å². The van der Waals surface area contributed by atoms with Crippen molar-refractivity contribution in [2.75, 3.05) is 24.8 Å². The van der Waals surface area contributed by atoms with Crippen LogP contribution >= 0.6 is 0 Å². The summed E-state index contributed by atoms with van der Waals surface area (Å²) in [5.74, 6) is 0.881. The molecular formula is C16H18N2O3. The fourth-order valence-corrected chi connectivity index (χ4v) is 1.89. The highest BCUT2D eigenvalue weighted by Crippen LogP contribution is 2.25. The first-order valence-corrected chi connectivity index (χ1v) is 6.52. The van der Waals surface area contributed by atoms with Crippen LogP contribution in [0.2, 0.25) is 0 Å². The number of amides is 1. The van der Waals surface area contributed by atoms with Gasteiger partial charge in [-0.05, 0) is 42.8 Å². The van der Waals surface area contributed by atoms with E-state index in [2.05, 4.69) is 5.32 Å². The molecule has 5 nitrogen and oxygen atoms in total. The Morgan fingerprint density at radius 2 is 1.90 bits per heavy atom. The van der Waals surface area contributed by atoms with Gasteiger partial charge >= 0.3 is 0 Å². The van der Waals surface area contributed by atoms with Gasteiger partial charge in [-0.1, -0.05) is 12.1 Å². The van der Waals surface area contributed by atoms with Crippen LogP contribution in [0.25, 0.3) is 0 Å². The van der Waals surface area contributed by atoms with E-state index in [0.29, 0.717) is 17.2 Å². The molecule has 0 fully saturated rings. The number of hydrogen-bond donors (Lipinski definition) is 2. The minimum atomic E-state index is -0.242. The van der Waals surface area contributed by atoms with E-state index in [1.807, 2.05) is 19.1 Å². The van der Waals surface area contributed by atoms with E-state index in [1.54, 1.807) is 37.4 Å². The standard InChI is InChI=1S/C16H18N2O3/c1-11-9-12(17)7-8-13(11)18-16(19)10-21-15-6-4-3-5-14(15)20-2/h3-9H,10,17H2,1-2H3,(H,18,19). The van der Waals surface area contributed by atoms with Crippen LogP contribution in [0.1, 0.15) is 5.56 Å². The van der Waals surface area contributed by atoms with E-state index >= 15 is 0 Å². The molecule has 0 heterocycles. The second-order valence-electron chi connectivity index (χ2n) is 4.56. The lowest BCUT2D eigenvalue weighted by atomic mass is 10.2. The minimum absolute atomic E-state index is 0.0931. The number of carbonyl (C=O) groups excluding carboxylic acids is 1. The number of benzene rings is 2. The molecule has 5 heteroatoms. The number of methoxy groups -OCH3 is 1. The summed E-state index contributed by atoms with van der Waals surface area (Å²) in [5.41, 5.74) is 7.96. The molecule has 2 aromatic carbocycles. The van der Waals surface area contributed by atoms with E-state index in [0.717, 1.165) is 11.3 Å². The first-order valence-electron chi connectivity index (χ1n) is 6.52. The zero-order valence-corrected chi connectivity index (χ0v) is 12.1. The fraction of sp³-hybridized carbons (Fsp3) is 0.188. The van der Waals surface area contributed by atoms with E-state index in [4.69, 9.17) is 15.2 Å². The highest BCUT2D eigenvalue weighted by molar-refractivity contribution is 5.92. The summed E-state index contributed by atoms with van der Waals surface area (Å²) in [4.78, 5) is 11.9. The monoisotopic (exact) mass is 286 g/mol. The van der Waals surface area contributed by atoms with Gasteiger partial charge in [0.2, 0.25) is 0 Å². The minimum Gasteiger partial charge on any atom is -0.493 e. The summed E-state index contributed by atoms with van der Waals surface area (Å²) in [7, 11) is 1.56. The number of carbonyl (C=O) groups is 1. The average molecular weight is 286 g/mol. The van der Waals surface area contributed by atoms with Crippen LogP contribution in [0.4, 0.5) is 11.4 Å². The molecule has 0 aromatic heterocycles. The summed E-state index contributed by atoms with van der Waals surface area (Å²) >= 11 is 0. The molecule has 0 bridgehead atoms. The van der Waals surface area contributed by atoms with Gasteiger partial charge in [-0.3, -0.25) is 4.79 Å². The molecule has 0 aliphatic heterocycles. The number of anilines is 2. The second-order valence-corrected chi connectivity index (χ2v) is 4.56. The molecule has 0 saturated heterocycles. The highest BCUT2D eigenvalue weighted by atomic mass is 16.5. The van der Waals surface area contributed by atoms with E-state index < -0.39 is 0 Å². The van der Waals surface area contributed by atoms with Crippen LogP contribution < -0.4 is 20.5 Å². The van der Waals surface area contributed by atoms with Crippen molar-refractivity contribution in [2.45, 2.75) is 6.92 Å². The van der Waals surface area contributed by atoms with Gasteiger partial charge in [-0.15, -0.1) is 0 Å². The molecular weight excluding hydrogens is 268 g/mol. The van der Waals surface area contributed by atoms with Crippen molar-refractivity contribution in [1.29, 1.82) is 0 Å². The molecule has 0 aliphatic carbocycles. The quantitative estimate of drug-likeness (QED) is 0.829. The van der Waals surface area contributed by atoms with Gasteiger partial charge in [0.25, 0.3) is 5.91 Å². The Kier molecular flexibility index (Phi) is 4.66. The van der Waals surface area contributed by atoms with Crippen LogP contribution in [0.5, 0.6) is 11.5 Å². The fourth-order valence-electron chi connectivity index (χ4n) is 1.89. The van der Waals surface area contributed by atoms with E-state index in [9.17, 15) is 4.79 Å². The Balaban J connectivity index is 1.96. The molecule has 1 amide bonds. The van der Waals surface area contributed by atoms with Crippen molar-refractivity contribution in [2.24, 2.45) is 0 Å². The molecule has 110 valence electrons. The molecule has 0 atom stereocenters. The van der Waals surface area contributed by atoms with Crippen molar-refractivity contribution in [3.05, 3.63) is 48.0 Å². The molecule has 0 spiro atoms. The van der Waals surface area contributed by atoms with Crippen LogP contribution in [0.3, 0.4) is 0 Å². The van der Waals surface area contributed by atoms with Crippen molar-refractivity contribution >= 4 is 17.3 Å². The van der Waals surface area contributed by atoms with Crippen molar-refractivity contribution < 1.29 is 14.3 Å². The molecule has 0 unspecified atom stereocenters. The largest absolute Gasteiger partial charge is 0.493 e. The maximum Gasteiger partial charge on any atom is 0.262 e. The molecule has 0 radical (unpaired) electrons. The average Bonchev–Trinajstić information content (AvgIpc) is 2.48. The molecule has 3 N–H and O–H groups in total. The maximum atomic E-state index is 11.9. The molecule has 2 rings (SSSR count). The maximum absolute atomic E-state index is 11.9. The number of nitrogen functional groups attached to an aromatic ring is 1. The van der Waals surface area contributed by atoms with Gasteiger partial charge in [0.05, 0.1) is 7.11 Å². The topological polar surface area (TPSA) is 73.6 Å². The van der Waals surface area contributed by atoms with Crippen molar-refractivity contribution in [1.82, 2.24) is 0 Å². The zero-order chi connectivity index (χ0) is 15.2. The lowest BCUT2D eigenvalue weighted by Gasteiger charge is -2.11. The predicted molar refractivity (Wildman–Crippen MR) is 82.7 cm³/mol. The van der Waals surface area contributed by atoms with Crippen LogP contribution in [0.15, 0.2) is 42.5 Å². The zero-order valence-electron chi connectivity index (χ0n) is 12.1. The van der Waals surface area contributed by atoms with Gasteiger partial charge in [0.1, 0.15) is 0 Å². The number of nitrogens with one attached hydrogen (secondary N) is 1. The first-order chi connectivity index (χ1) is 10.1. The molecule has 0 saturated carbocycles. The third-order valence-electron chi connectivity index (χ3n) is 2.95. The normalized spacial score (nSPS) is 10.0. The van der Waals surface area contributed by atoms with Gasteiger partial charge in [0, 0.05) is 11.4 Å². The highest BCUT2D eigenvalue weighted by Gasteiger charge is 2.08. The summed E-state index contributed by atoms with van der Waals surface area (Å²) in [5, 5.41) is 2.78. The number of hydrogen-bond acceptors (Lipinski definition) is 4. The van der Waals surface area contributed by atoms with E-state index in [1.165, 1.54) is 0 Å². The Hall–Kier alpha value is -2.69. The third-order valence-corrected chi connectivity index (χ3v) is 2.95. The van der Waals surface area contributed by atoms with Crippen LogP contribution in [-0.4, -0.2) is 19.6 Å². The number of ether oxygens (including phenoxy) is 2. The van der Waals surface area contributed by atoms with Gasteiger partial charge in [-0.2, -0.15) is 0 Å². The molecule has 21 heavy (non-hydrogen) atoms. The smallest absolute Gasteiger partial charge is 0.262 e. The third kappa shape index (κ3) is 3.89. The van der Waals surface area contributed by atoms with Gasteiger partial charge < -0.3 is 20.5 Å². The van der Waals surface area contributed by atoms with Crippen molar-refractivity contribution in [3.8, 4) is 11.5 Å². The summed E-state index contributed by atoms with van der Waals surface area (Å²) in [6.07, 6.45) is 0. The SMILES string of the molecule is COc1ccccc1OCC(=O)Nc1ccc(N)cc1C. The first kappa shape index (κ1) is 14.7. The Morgan fingerprint density at radius 3 is 2.57 bits per heavy atom. The number of nitrogens with two attached hydrogens (primary N) is 1. The Labute approximate surface area is 123 Å². The van der Waals surface area contributed by atoms with Crippen LogP contribution in [-0.2, 0) is 4.79 Å². The molecule has 0 aliphatic rings. The number of aryl methyl sites for hydroxylation is 1. The summed E-state index contributed by atoms with van der Waals surface area (Å²) < 4.78 is 10.6. The summed E-state index contributed by atoms with van der Waals surface area (Å²) in [6, 6.07) is 12.5. The molecule has 2 aromatic rings. The Bertz CT molecular complexity index is 641. The number of para-hydroxylation sites is 2. The predicted octanol–water partition coefficient (Wildman–Crippen LogP) is 2.60. The second kappa shape index (κ2) is 6.65. The number of rotatable bonds is 5.